The molecule has 5 nitrogen and oxygen atoms in total. The van der Waals surface area contributed by atoms with Crippen molar-refractivity contribution in [3.63, 3.8) is 0 Å². The molecule has 6 heteroatoms. The van der Waals surface area contributed by atoms with Crippen LogP contribution in [0.25, 0.3) is 0 Å². The molecule has 0 saturated carbocycles. The van der Waals surface area contributed by atoms with Gasteiger partial charge < -0.3 is 10.6 Å². The molecule has 0 rings (SSSR count). The van der Waals surface area contributed by atoms with Crippen molar-refractivity contribution >= 4 is 20.5 Å². The molecule has 4 amide bonds. The molecule has 3 N–H and O–H groups in total. The maximum Gasteiger partial charge on any atom is 0.322 e. The van der Waals surface area contributed by atoms with Crippen LogP contribution < -0.4 is 16.0 Å². The predicted molar refractivity (Wildman–Crippen MR) is 44.5 cm³/mol. The molecule has 3 radical (unpaired) electrons. The Morgan fingerprint density at radius 3 is 1.45 bits per heavy atom. The van der Waals surface area contributed by atoms with E-state index in [4.69, 9.17) is 0 Å². The topological polar surface area (TPSA) is 70.2 Å². The molecule has 0 aromatic rings. The first-order valence-electron chi connectivity index (χ1n) is 2.41. The summed E-state index contributed by atoms with van der Waals surface area (Å²) in [6.07, 6.45) is 0. The molecule has 0 fully saturated rings. The van der Waals surface area contributed by atoms with Crippen LogP contribution in [-0.4, -0.2) is 34.6 Å². The fourth-order valence-electron chi connectivity index (χ4n) is 0.228. The van der Waals surface area contributed by atoms with Crippen molar-refractivity contribution in [2.24, 2.45) is 0 Å². The molecule has 0 heterocycles. The van der Waals surface area contributed by atoms with Gasteiger partial charge in [0.25, 0.3) is 0 Å². The van der Waals surface area contributed by atoms with Crippen molar-refractivity contribution in [2.45, 2.75) is 7.43 Å². The number of hydrogen-bond acceptors (Lipinski definition) is 2. The Balaban J connectivity index is -0.000000320. The first-order valence-corrected chi connectivity index (χ1v) is 2.41. The van der Waals surface area contributed by atoms with E-state index in [9.17, 15) is 9.59 Å². The van der Waals surface area contributed by atoms with Crippen molar-refractivity contribution in [2.75, 3.05) is 14.1 Å². The summed E-state index contributed by atoms with van der Waals surface area (Å²) in [5, 5.41) is 6.42. The van der Waals surface area contributed by atoms with E-state index in [0.29, 0.717) is 0 Å². The Morgan fingerprint density at radius 2 is 1.27 bits per heavy atom. The van der Waals surface area contributed by atoms with Gasteiger partial charge in [0.1, 0.15) is 0 Å². The van der Waals surface area contributed by atoms with E-state index in [-0.39, 0.29) is 15.8 Å². The molecule has 0 atom stereocenters. The van der Waals surface area contributed by atoms with Crippen LogP contribution in [0.5, 0.6) is 0 Å². The second-order valence-corrected chi connectivity index (χ2v) is 1.28. The van der Waals surface area contributed by atoms with E-state index in [2.05, 4.69) is 10.6 Å². The Labute approximate surface area is 68.5 Å². The second-order valence-electron chi connectivity index (χ2n) is 1.28. The lowest BCUT2D eigenvalue weighted by Crippen LogP contribution is -2.42. The number of imide groups is 1. The smallest absolute Gasteiger partial charge is 0.322 e. The third kappa shape index (κ3) is 8.80. The van der Waals surface area contributed by atoms with Crippen molar-refractivity contribution in [1.82, 2.24) is 16.0 Å². The number of nitrogens with one attached hydrogen (secondary N) is 3. The van der Waals surface area contributed by atoms with Gasteiger partial charge in [-0.1, -0.05) is 7.43 Å². The van der Waals surface area contributed by atoms with Crippen molar-refractivity contribution in [3.8, 4) is 0 Å². The van der Waals surface area contributed by atoms with Gasteiger partial charge in [-0.2, -0.15) is 0 Å². The number of rotatable bonds is 0. The van der Waals surface area contributed by atoms with Gasteiger partial charge in [0.15, 0.2) is 0 Å². The minimum absolute atomic E-state index is 0. The fraction of sp³-hybridized carbons (Fsp3) is 0.600. The van der Waals surface area contributed by atoms with Crippen LogP contribution in [0.2, 0.25) is 0 Å². The maximum absolute atomic E-state index is 10.3. The molecule has 0 aliphatic heterocycles. The zero-order valence-electron chi connectivity index (χ0n) is 5.89. The van der Waals surface area contributed by atoms with Crippen molar-refractivity contribution < 1.29 is 9.59 Å². The van der Waals surface area contributed by atoms with Crippen molar-refractivity contribution in [3.05, 3.63) is 0 Å². The van der Waals surface area contributed by atoms with Crippen LogP contribution in [0.1, 0.15) is 7.43 Å². The fourth-order valence-corrected chi connectivity index (χ4v) is 0.228. The lowest BCUT2D eigenvalue weighted by atomic mass is 10.8. The highest BCUT2D eigenvalue weighted by atomic mass is 16.2. The van der Waals surface area contributed by atoms with E-state index in [1.165, 1.54) is 14.1 Å². The Morgan fingerprint density at radius 1 is 1.00 bits per heavy atom. The molecular weight excluding hydrogens is 145 g/mol. The molecule has 0 aromatic heterocycles. The molecule has 0 unspecified atom stereocenters. The normalized spacial score (nSPS) is 6.36. The molecule has 0 aliphatic rings. The summed E-state index contributed by atoms with van der Waals surface area (Å²) in [5.41, 5.74) is 0. The third-order valence-corrected chi connectivity index (χ3v) is 0.681. The quantitative estimate of drug-likeness (QED) is 0.416. The van der Waals surface area contributed by atoms with E-state index < -0.39 is 12.1 Å². The van der Waals surface area contributed by atoms with Crippen LogP contribution >= 0.6 is 0 Å². The molecule has 0 bridgehead atoms. The number of carbonyl (C=O) groups is 2. The molecule has 0 saturated heterocycles. The summed E-state index contributed by atoms with van der Waals surface area (Å²) in [5.74, 6) is 0. The minimum atomic E-state index is -0.519. The minimum Gasteiger partial charge on any atom is -0.341 e. The first kappa shape index (κ1) is 16.4. The summed E-state index contributed by atoms with van der Waals surface area (Å²) in [6, 6.07) is -1.04. The summed E-state index contributed by atoms with van der Waals surface area (Å²) < 4.78 is 0. The lowest BCUT2D eigenvalue weighted by molar-refractivity contribution is 0.229. The number of hydrogen-bond donors (Lipinski definition) is 3. The summed E-state index contributed by atoms with van der Waals surface area (Å²) >= 11 is 0. The number of amides is 4. The van der Waals surface area contributed by atoms with Gasteiger partial charge in [-0.15, -0.1) is 0 Å². The van der Waals surface area contributed by atoms with Gasteiger partial charge in [-0.3, -0.25) is 5.32 Å². The molecule has 0 spiro atoms. The number of urea groups is 2. The van der Waals surface area contributed by atoms with Gasteiger partial charge in [0.2, 0.25) is 0 Å². The largest absolute Gasteiger partial charge is 0.341 e. The van der Waals surface area contributed by atoms with Crippen LogP contribution in [0.15, 0.2) is 0 Å². The van der Waals surface area contributed by atoms with Gasteiger partial charge >= 0.3 is 12.1 Å². The summed E-state index contributed by atoms with van der Waals surface area (Å²) in [7, 11) is 2.86. The van der Waals surface area contributed by atoms with Gasteiger partial charge in [0, 0.05) is 22.5 Å². The highest BCUT2D eigenvalue weighted by molar-refractivity contribution is 5.92. The van der Waals surface area contributed by atoms with E-state index in [0.717, 1.165) is 0 Å². The Kier molecular flexibility index (Phi) is 13.1. The van der Waals surface area contributed by atoms with Crippen LogP contribution in [-0.2, 0) is 0 Å². The van der Waals surface area contributed by atoms with Crippen LogP contribution in [0.3, 0.4) is 0 Å². The predicted octanol–water partition coefficient (Wildman–Crippen LogP) is -0.490. The van der Waals surface area contributed by atoms with E-state index in [1.54, 1.807) is 0 Å². The Bertz CT molecular complexity index is 115. The zero-order valence-corrected chi connectivity index (χ0v) is 5.89. The van der Waals surface area contributed by atoms with Gasteiger partial charge in [-0.25, -0.2) is 9.59 Å². The van der Waals surface area contributed by atoms with E-state index >= 15 is 0 Å². The molecule has 63 valence electrons. The lowest BCUT2D eigenvalue weighted by Gasteiger charge is -1.99. The van der Waals surface area contributed by atoms with Crippen LogP contribution in [0, 0.1) is 0 Å². The average molecular weight is 158 g/mol. The molecular formula is C5H13BN3O2. The first-order chi connectivity index (χ1) is 4.20. The van der Waals surface area contributed by atoms with E-state index in [1.807, 2.05) is 5.32 Å². The maximum atomic E-state index is 10.3. The van der Waals surface area contributed by atoms with Gasteiger partial charge in [0.05, 0.1) is 0 Å². The SMILES string of the molecule is C.CNC(=O)NC(=O)NC.[B]. The average Bonchev–Trinajstić information content (AvgIpc) is 1.87. The monoisotopic (exact) mass is 158 g/mol. The highest BCUT2D eigenvalue weighted by Gasteiger charge is 1.99. The number of carbonyl (C=O) groups excluding carboxylic acids is 2. The standard InChI is InChI=1S/C4H9N3O2.CH4.B/c1-5-3(8)7-4(9)6-2;;/h1-2H3,(H3,5,6,7,8,9);1H4;. The Hall–Kier alpha value is -1.20. The summed E-state index contributed by atoms with van der Waals surface area (Å²) in [4.78, 5) is 20.6. The molecule has 11 heavy (non-hydrogen) atoms. The van der Waals surface area contributed by atoms with Gasteiger partial charge in [-0.05, 0) is 0 Å². The zero-order chi connectivity index (χ0) is 7.28. The molecule has 0 aliphatic carbocycles. The third-order valence-electron chi connectivity index (χ3n) is 0.681. The molecule has 0 aromatic carbocycles. The van der Waals surface area contributed by atoms with Crippen LogP contribution in [0.4, 0.5) is 9.59 Å². The summed E-state index contributed by atoms with van der Waals surface area (Å²) in [6.45, 7) is 0. The van der Waals surface area contributed by atoms with Crippen molar-refractivity contribution in [1.29, 1.82) is 0 Å². The second kappa shape index (κ2) is 8.80. The highest BCUT2D eigenvalue weighted by Crippen LogP contribution is 1.61.